The molecule has 3 rings (SSSR count). The molecule has 2 saturated carbocycles. The van der Waals surface area contributed by atoms with Crippen LogP contribution in [0.15, 0.2) is 0 Å². The third-order valence-corrected chi connectivity index (χ3v) is 13.1. The zero-order chi connectivity index (χ0) is 30.1. The number of likely N-dealkylation sites (tertiary alicyclic amines) is 1. The summed E-state index contributed by atoms with van der Waals surface area (Å²) < 4.78 is 25.5. The molecule has 2 aliphatic carbocycles. The van der Waals surface area contributed by atoms with Gasteiger partial charge in [-0.3, -0.25) is 4.79 Å². The predicted octanol–water partition coefficient (Wildman–Crippen LogP) is 4.89. The Hall–Kier alpha value is -1.84. The second kappa shape index (κ2) is 11.8. The monoisotopic (exact) mass is 583 g/mol. The Kier molecular flexibility index (Phi) is 9.64. The summed E-state index contributed by atoms with van der Waals surface area (Å²) in [6.07, 6.45) is 8.52. The van der Waals surface area contributed by atoms with Gasteiger partial charge in [-0.05, 0) is 69.6 Å². The van der Waals surface area contributed by atoms with Crippen molar-refractivity contribution < 1.29 is 27.9 Å². The maximum absolute atomic E-state index is 14.3. The second-order valence-corrected chi connectivity index (χ2v) is 17.6. The quantitative estimate of drug-likeness (QED) is 0.391. The van der Waals surface area contributed by atoms with Gasteiger partial charge in [-0.25, -0.2) is 18.0 Å². The highest BCUT2D eigenvalue weighted by Gasteiger charge is 2.50. The predicted molar refractivity (Wildman–Crippen MR) is 157 cm³/mol. The number of nitrogens with one attached hydrogen (secondary N) is 2. The lowest BCUT2D eigenvalue weighted by Gasteiger charge is -2.49. The summed E-state index contributed by atoms with van der Waals surface area (Å²) in [6.45, 7) is 13.5. The third-order valence-electron chi connectivity index (χ3n) is 10.3. The van der Waals surface area contributed by atoms with Crippen molar-refractivity contribution in [3.63, 3.8) is 0 Å². The van der Waals surface area contributed by atoms with Crippen LogP contribution in [-0.2, 0) is 19.4 Å². The molecule has 0 spiro atoms. The third kappa shape index (κ3) is 7.13. The molecule has 3 aliphatic rings. The van der Waals surface area contributed by atoms with Crippen molar-refractivity contribution in [1.29, 1.82) is 0 Å². The standard InChI is InChI=1S/C30H53N3O6S/c1-21-19-33(22(25(35)36)18-28(21,5)6)24(34)23(29(7)14-10-8-11-15-29)31-26(37)32-30(16-12-9-13-17-30)20-40(38,39)27(2,3)4/h21-23H,8-20H2,1-7H3,(H,35,36)(H2,31,32,37)/t21?,22-,23+/m0/s1. The topological polar surface area (TPSA) is 133 Å². The van der Waals surface area contributed by atoms with E-state index in [1.807, 2.05) is 27.7 Å². The number of amides is 3. The maximum Gasteiger partial charge on any atom is 0.326 e. The van der Waals surface area contributed by atoms with Gasteiger partial charge in [0.05, 0.1) is 16.0 Å². The first-order valence-electron chi connectivity index (χ1n) is 15.2. The first kappa shape index (κ1) is 32.7. The van der Waals surface area contributed by atoms with Crippen LogP contribution in [0.25, 0.3) is 0 Å². The van der Waals surface area contributed by atoms with Crippen LogP contribution in [0.1, 0.15) is 119 Å². The summed E-state index contributed by atoms with van der Waals surface area (Å²) in [6, 6.07) is -2.41. The number of carbonyl (C=O) groups is 3. The molecule has 0 aromatic heterocycles. The van der Waals surface area contributed by atoms with Crippen molar-refractivity contribution in [3.8, 4) is 0 Å². The zero-order valence-corrected chi connectivity index (χ0v) is 26.6. The number of rotatable bonds is 7. The molecule has 230 valence electrons. The van der Waals surface area contributed by atoms with E-state index in [2.05, 4.69) is 10.6 Å². The second-order valence-electron chi connectivity index (χ2n) is 14.9. The highest BCUT2D eigenvalue weighted by Crippen LogP contribution is 2.43. The summed E-state index contributed by atoms with van der Waals surface area (Å²) in [7, 11) is -3.51. The van der Waals surface area contributed by atoms with E-state index in [1.165, 1.54) is 4.90 Å². The van der Waals surface area contributed by atoms with E-state index in [0.29, 0.717) is 25.8 Å². The molecule has 1 saturated heterocycles. The number of piperidine rings is 1. The van der Waals surface area contributed by atoms with Crippen LogP contribution in [0.4, 0.5) is 4.79 Å². The summed E-state index contributed by atoms with van der Waals surface area (Å²) in [5.41, 5.74) is -1.66. The number of aliphatic carboxylic acids is 1. The van der Waals surface area contributed by atoms with Gasteiger partial charge in [0.25, 0.3) is 0 Å². The molecule has 3 atom stereocenters. The maximum atomic E-state index is 14.3. The molecule has 3 fully saturated rings. The highest BCUT2D eigenvalue weighted by atomic mass is 32.2. The van der Waals surface area contributed by atoms with Gasteiger partial charge in [-0.15, -0.1) is 0 Å². The van der Waals surface area contributed by atoms with Crippen molar-refractivity contribution in [1.82, 2.24) is 15.5 Å². The molecule has 0 aromatic carbocycles. The number of hydrogen-bond acceptors (Lipinski definition) is 5. The van der Waals surface area contributed by atoms with Crippen molar-refractivity contribution >= 4 is 27.7 Å². The Morgan fingerprint density at radius 1 is 0.950 bits per heavy atom. The van der Waals surface area contributed by atoms with Crippen molar-refractivity contribution in [2.75, 3.05) is 12.3 Å². The van der Waals surface area contributed by atoms with Gasteiger partial charge in [0.1, 0.15) is 12.1 Å². The van der Waals surface area contributed by atoms with Crippen LogP contribution >= 0.6 is 0 Å². The molecule has 0 radical (unpaired) electrons. The van der Waals surface area contributed by atoms with E-state index in [9.17, 15) is 27.9 Å². The number of urea groups is 1. The van der Waals surface area contributed by atoms with Crippen LogP contribution in [-0.4, -0.2) is 71.0 Å². The zero-order valence-electron chi connectivity index (χ0n) is 25.8. The molecule has 3 amide bonds. The van der Waals surface area contributed by atoms with Crippen LogP contribution in [0, 0.1) is 16.7 Å². The Labute approximate surface area is 241 Å². The molecule has 10 heteroatoms. The van der Waals surface area contributed by atoms with Gasteiger partial charge in [0.15, 0.2) is 9.84 Å². The number of sulfone groups is 1. The fourth-order valence-electron chi connectivity index (χ4n) is 6.81. The Morgan fingerprint density at radius 3 is 1.98 bits per heavy atom. The van der Waals surface area contributed by atoms with Crippen LogP contribution in [0.2, 0.25) is 0 Å². The molecular weight excluding hydrogens is 530 g/mol. The van der Waals surface area contributed by atoms with E-state index < -0.39 is 49.6 Å². The smallest absolute Gasteiger partial charge is 0.326 e. The lowest BCUT2D eigenvalue weighted by atomic mass is 9.68. The van der Waals surface area contributed by atoms with E-state index in [4.69, 9.17) is 0 Å². The average Bonchev–Trinajstić information content (AvgIpc) is 2.83. The van der Waals surface area contributed by atoms with Gasteiger partial charge in [0, 0.05) is 6.54 Å². The number of hydrogen-bond donors (Lipinski definition) is 3. The van der Waals surface area contributed by atoms with Crippen molar-refractivity contribution in [3.05, 3.63) is 0 Å². The Bertz CT molecular complexity index is 1050. The van der Waals surface area contributed by atoms with Gasteiger partial charge < -0.3 is 20.6 Å². The molecule has 9 nitrogen and oxygen atoms in total. The average molecular weight is 584 g/mol. The molecule has 0 aromatic rings. The SMILES string of the molecule is CC1CN(C(=O)[C@@H](NC(=O)NC2(CS(=O)(=O)C(C)(C)C)CCCCC2)C2(C)CCCCC2)[C@H](C(=O)O)CC1(C)C. The molecule has 1 aliphatic heterocycles. The van der Waals surface area contributed by atoms with Gasteiger partial charge in [-0.1, -0.05) is 66.2 Å². The molecule has 40 heavy (non-hydrogen) atoms. The molecule has 1 heterocycles. The summed E-state index contributed by atoms with van der Waals surface area (Å²) >= 11 is 0. The largest absolute Gasteiger partial charge is 0.480 e. The summed E-state index contributed by atoms with van der Waals surface area (Å²) in [5.74, 6) is -1.44. The number of carboxylic acid groups (broad SMARTS) is 1. The number of nitrogens with zero attached hydrogens (tertiary/aromatic N) is 1. The summed E-state index contributed by atoms with van der Waals surface area (Å²) in [5, 5.41) is 16.1. The fourth-order valence-corrected chi connectivity index (χ4v) is 8.33. The Morgan fingerprint density at radius 2 is 1.48 bits per heavy atom. The van der Waals surface area contributed by atoms with Crippen LogP contribution in [0.5, 0.6) is 0 Å². The minimum absolute atomic E-state index is 0.0915. The molecular formula is C30H53N3O6S. The number of carbonyl (C=O) groups excluding carboxylic acids is 2. The summed E-state index contributed by atoms with van der Waals surface area (Å²) in [4.78, 5) is 41.8. The van der Waals surface area contributed by atoms with Gasteiger partial charge in [-0.2, -0.15) is 0 Å². The normalized spacial score (nSPS) is 27.3. The van der Waals surface area contributed by atoms with Crippen LogP contribution in [0.3, 0.4) is 0 Å². The highest BCUT2D eigenvalue weighted by molar-refractivity contribution is 7.92. The number of carboxylic acids is 1. The van der Waals surface area contributed by atoms with E-state index in [1.54, 1.807) is 20.8 Å². The molecule has 0 bridgehead atoms. The lowest BCUT2D eigenvalue weighted by molar-refractivity contribution is -0.159. The van der Waals surface area contributed by atoms with E-state index >= 15 is 0 Å². The van der Waals surface area contributed by atoms with E-state index in [-0.39, 0.29) is 23.0 Å². The molecule has 3 N–H and O–H groups in total. The first-order chi connectivity index (χ1) is 18.3. The Balaban J connectivity index is 1.91. The fraction of sp³-hybridized carbons (Fsp3) is 0.900. The van der Waals surface area contributed by atoms with Gasteiger partial charge >= 0.3 is 12.0 Å². The van der Waals surface area contributed by atoms with Crippen molar-refractivity contribution in [2.45, 2.75) is 141 Å². The molecule has 1 unspecified atom stereocenters. The van der Waals surface area contributed by atoms with Crippen LogP contribution < -0.4 is 10.6 Å². The van der Waals surface area contributed by atoms with Crippen molar-refractivity contribution in [2.24, 2.45) is 16.7 Å². The van der Waals surface area contributed by atoms with Gasteiger partial charge in [0.2, 0.25) is 5.91 Å². The minimum Gasteiger partial charge on any atom is -0.480 e. The van der Waals surface area contributed by atoms with E-state index in [0.717, 1.165) is 51.4 Å². The lowest BCUT2D eigenvalue weighted by Crippen LogP contribution is -2.66. The minimum atomic E-state index is -3.51. The first-order valence-corrected chi connectivity index (χ1v) is 16.8.